The smallest absolute Gasteiger partial charge is 0.0991 e. The molecule has 0 amide bonds. The summed E-state index contributed by atoms with van der Waals surface area (Å²) in [5.41, 5.74) is 10.5. The van der Waals surface area contributed by atoms with Gasteiger partial charge in [-0.25, -0.2) is 0 Å². The van der Waals surface area contributed by atoms with Crippen LogP contribution in [-0.2, 0) is 6.54 Å². The number of nitrogens with zero attached hydrogens (tertiary/aromatic N) is 2. The molecule has 0 fully saturated rings. The normalized spacial score (nSPS) is 17.2. The van der Waals surface area contributed by atoms with E-state index in [4.69, 9.17) is 0 Å². The van der Waals surface area contributed by atoms with E-state index in [-0.39, 0.29) is 6.04 Å². The van der Waals surface area contributed by atoms with Gasteiger partial charge in [-0.2, -0.15) is 5.26 Å². The highest BCUT2D eigenvalue weighted by molar-refractivity contribution is 7.25. The van der Waals surface area contributed by atoms with Crippen LogP contribution in [0.1, 0.15) is 47.2 Å². The molecule has 4 heteroatoms. The maximum atomic E-state index is 9.26. The number of nitriles is 1. The molecule has 2 heterocycles. The molecule has 0 bridgehead atoms. The first-order valence-electron chi connectivity index (χ1n) is 15.2. The van der Waals surface area contributed by atoms with Gasteiger partial charge in [0.2, 0.25) is 0 Å². The Kier molecular flexibility index (Phi) is 6.55. The van der Waals surface area contributed by atoms with Crippen molar-refractivity contribution in [2.75, 3.05) is 10.2 Å². The highest BCUT2D eigenvalue weighted by Gasteiger charge is 2.35. The number of allylic oxidation sites excluding steroid dienone is 4. The van der Waals surface area contributed by atoms with Crippen LogP contribution in [0.15, 0.2) is 127 Å². The molecule has 1 aromatic heterocycles. The lowest BCUT2D eigenvalue weighted by atomic mass is 9.86. The van der Waals surface area contributed by atoms with E-state index in [9.17, 15) is 5.26 Å². The summed E-state index contributed by atoms with van der Waals surface area (Å²) in [6.07, 6.45) is 8.06. The Labute approximate surface area is 262 Å². The van der Waals surface area contributed by atoms with Gasteiger partial charge in [-0.15, -0.1) is 11.3 Å². The fraction of sp³-hybridized carbons (Fsp3) is 0.125. The maximum absolute atomic E-state index is 9.26. The quantitative estimate of drug-likeness (QED) is 0.211. The molecule has 0 radical (unpaired) electrons. The molecular formula is C40H31N3S. The molecule has 3 nitrogen and oxygen atoms in total. The van der Waals surface area contributed by atoms with Gasteiger partial charge in [-0.1, -0.05) is 85.8 Å². The van der Waals surface area contributed by atoms with Gasteiger partial charge in [0.1, 0.15) is 0 Å². The summed E-state index contributed by atoms with van der Waals surface area (Å²) >= 11 is 1.87. The lowest BCUT2D eigenvalue weighted by Crippen LogP contribution is -2.38. The second-order valence-electron chi connectivity index (χ2n) is 11.9. The SMILES string of the molecule is C[C@@H]1C=C(c2cc3sc4ccccc4c3cc2Nc2ccc(CN3c4ccccc4C3c3ccc(C#N)cc3)cc2)C=CC1. The molecule has 0 saturated carbocycles. The third-order valence-corrected chi connectivity index (χ3v) is 10.0. The van der Waals surface area contributed by atoms with Crippen molar-refractivity contribution in [1.29, 1.82) is 5.26 Å². The second-order valence-corrected chi connectivity index (χ2v) is 13.0. The van der Waals surface area contributed by atoms with E-state index in [0.717, 1.165) is 24.3 Å². The third-order valence-electron chi connectivity index (χ3n) is 8.89. The van der Waals surface area contributed by atoms with Crippen LogP contribution >= 0.6 is 11.3 Å². The summed E-state index contributed by atoms with van der Waals surface area (Å²) in [4.78, 5) is 2.45. The average molecular weight is 586 g/mol. The Bertz CT molecular complexity index is 2130. The molecule has 212 valence electrons. The van der Waals surface area contributed by atoms with Gasteiger partial charge in [0.25, 0.3) is 0 Å². The van der Waals surface area contributed by atoms with Crippen molar-refractivity contribution < 1.29 is 0 Å². The lowest BCUT2D eigenvalue weighted by Gasteiger charge is -2.45. The Morgan fingerprint density at radius 3 is 2.48 bits per heavy atom. The van der Waals surface area contributed by atoms with Crippen LogP contribution in [0.25, 0.3) is 25.7 Å². The number of rotatable bonds is 6. The summed E-state index contributed by atoms with van der Waals surface area (Å²) in [6, 6.07) is 41.3. The molecule has 0 spiro atoms. The summed E-state index contributed by atoms with van der Waals surface area (Å²) in [7, 11) is 0. The van der Waals surface area contributed by atoms with Crippen LogP contribution in [0.5, 0.6) is 0 Å². The summed E-state index contributed by atoms with van der Waals surface area (Å²) in [6.45, 7) is 3.10. The highest BCUT2D eigenvalue weighted by atomic mass is 32.1. The maximum Gasteiger partial charge on any atom is 0.0991 e. The van der Waals surface area contributed by atoms with Crippen LogP contribution in [0.4, 0.5) is 17.1 Å². The molecule has 0 saturated heterocycles. The molecule has 6 aromatic rings. The van der Waals surface area contributed by atoms with Crippen LogP contribution in [0.3, 0.4) is 0 Å². The summed E-state index contributed by atoms with van der Waals surface area (Å²) < 4.78 is 2.64. The van der Waals surface area contributed by atoms with Crippen LogP contribution in [0.2, 0.25) is 0 Å². The van der Waals surface area contributed by atoms with Crippen molar-refractivity contribution >= 4 is 54.1 Å². The minimum absolute atomic E-state index is 0.186. The van der Waals surface area contributed by atoms with Crippen molar-refractivity contribution in [3.05, 3.63) is 155 Å². The molecular weight excluding hydrogens is 555 g/mol. The number of nitrogens with one attached hydrogen (secondary N) is 1. The molecule has 5 aromatic carbocycles. The minimum atomic E-state index is 0.186. The Hall–Kier alpha value is -5.11. The first-order valence-corrected chi connectivity index (χ1v) is 16.0. The zero-order valence-electron chi connectivity index (χ0n) is 24.5. The number of hydrogen-bond acceptors (Lipinski definition) is 4. The molecule has 1 unspecified atom stereocenters. The summed E-state index contributed by atoms with van der Waals surface area (Å²) in [5.74, 6) is 0.528. The molecule has 8 rings (SSSR count). The number of benzene rings is 5. The van der Waals surface area contributed by atoms with Crippen LogP contribution in [-0.4, -0.2) is 0 Å². The Morgan fingerprint density at radius 1 is 0.864 bits per heavy atom. The number of anilines is 3. The van der Waals surface area contributed by atoms with Crippen molar-refractivity contribution in [1.82, 2.24) is 0 Å². The van der Waals surface area contributed by atoms with Gasteiger partial charge in [-0.3, -0.25) is 0 Å². The highest BCUT2D eigenvalue weighted by Crippen LogP contribution is 2.48. The van der Waals surface area contributed by atoms with E-state index in [1.54, 1.807) is 0 Å². The monoisotopic (exact) mass is 585 g/mol. The number of thiophene rings is 1. The topological polar surface area (TPSA) is 39.1 Å². The molecule has 44 heavy (non-hydrogen) atoms. The standard InChI is InChI=1S/C40H31N3S/c1-26-7-6-8-30(21-26)34-23-39-35(32-9-3-5-12-38(32)44-39)22-36(34)42-31-19-15-28(16-20-31)25-43-37-11-4-2-10-33(37)40(43)29-17-13-27(24-41)14-18-29/h2-6,8-23,26,40,42H,7,25H2,1H3/t26-,40?/m0/s1. The van der Waals surface area contributed by atoms with Crippen LogP contribution < -0.4 is 10.2 Å². The zero-order chi connectivity index (χ0) is 29.6. The Balaban J connectivity index is 1.10. The number of hydrogen-bond donors (Lipinski definition) is 1. The molecule has 1 N–H and O–H groups in total. The molecule has 2 atom stereocenters. The zero-order valence-corrected chi connectivity index (χ0v) is 25.3. The number of para-hydroxylation sites is 1. The predicted octanol–water partition coefficient (Wildman–Crippen LogP) is 10.8. The largest absolute Gasteiger partial charge is 0.356 e. The minimum Gasteiger partial charge on any atom is -0.356 e. The van der Waals surface area contributed by atoms with Gasteiger partial charge in [0.15, 0.2) is 0 Å². The van der Waals surface area contributed by atoms with Gasteiger partial charge in [0.05, 0.1) is 17.7 Å². The number of fused-ring (bicyclic) bond motifs is 4. The first kappa shape index (κ1) is 26.5. The molecule has 1 aliphatic heterocycles. The fourth-order valence-corrected chi connectivity index (χ4v) is 7.80. The molecule has 2 aliphatic rings. The second kappa shape index (κ2) is 10.9. The van der Waals surface area contributed by atoms with E-state index in [1.165, 1.54) is 53.7 Å². The van der Waals surface area contributed by atoms with Gasteiger partial charge >= 0.3 is 0 Å². The third kappa shape index (κ3) is 4.67. The van der Waals surface area contributed by atoms with E-state index in [0.29, 0.717) is 11.5 Å². The predicted molar refractivity (Wildman–Crippen MR) is 186 cm³/mol. The molecule has 1 aliphatic carbocycles. The van der Waals surface area contributed by atoms with Crippen molar-refractivity contribution in [3.8, 4) is 6.07 Å². The van der Waals surface area contributed by atoms with Crippen molar-refractivity contribution in [3.63, 3.8) is 0 Å². The van der Waals surface area contributed by atoms with Crippen molar-refractivity contribution in [2.24, 2.45) is 5.92 Å². The van der Waals surface area contributed by atoms with E-state index < -0.39 is 0 Å². The van der Waals surface area contributed by atoms with E-state index in [1.807, 2.05) is 23.5 Å². The van der Waals surface area contributed by atoms with E-state index in [2.05, 4.69) is 138 Å². The van der Waals surface area contributed by atoms with Gasteiger partial charge in [-0.05, 0) is 77.6 Å². The van der Waals surface area contributed by atoms with Gasteiger partial charge < -0.3 is 10.2 Å². The van der Waals surface area contributed by atoms with Crippen LogP contribution in [0, 0.1) is 17.2 Å². The lowest BCUT2D eigenvalue weighted by molar-refractivity contribution is 0.640. The van der Waals surface area contributed by atoms with Gasteiger partial charge in [0, 0.05) is 54.9 Å². The Morgan fingerprint density at radius 2 is 1.66 bits per heavy atom. The fourth-order valence-electron chi connectivity index (χ4n) is 6.68. The van der Waals surface area contributed by atoms with Crippen molar-refractivity contribution in [2.45, 2.75) is 25.9 Å². The van der Waals surface area contributed by atoms with E-state index >= 15 is 0 Å². The first-order chi connectivity index (χ1) is 21.6. The summed E-state index contributed by atoms with van der Waals surface area (Å²) in [5, 5.41) is 15.7. The average Bonchev–Trinajstić information content (AvgIpc) is 3.42.